The number of Topliss-reactive ketones (excluding diaryl/α,β-unsaturated/α-hetero) is 2. The molecule has 0 aliphatic heterocycles. The molecule has 0 unspecified atom stereocenters. The molecule has 0 atom stereocenters. The van der Waals surface area contributed by atoms with Crippen LogP contribution in [-0.2, 0) is 9.59 Å². The van der Waals surface area contributed by atoms with Gasteiger partial charge in [-0.15, -0.1) is 23.5 Å². The lowest BCUT2D eigenvalue weighted by molar-refractivity contribution is -0.134. The maximum absolute atomic E-state index is 10.9. The summed E-state index contributed by atoms with van der Waals surface area (Å²) in [6, 6.07) is 0. The molecule has 0 aromatic carbocycles. The lowest BCUT2D eigenvalue weighted by atomic mass is 10.3. The van der Waals surface area contributed by atoms with Crippen molar-refractivity contribution in [2.75, 3.05) is 12.5 Å². The zero-order valence-corrected chi connectivity index (χ0v) is 8.18. The van der Waals surface area contributed by atoms with E-state index in [0.717, 1.165) is 0 Å². The predicted octanol–water partition coefficient (Wildman–Crippen LogP) is 1.34. The topological polar surface area (TPSA) is 34.1 Å². The van der Waals surface area contributed by atoms with Crippen LogP contribution < -0.4 is 0 Å². The van der Waals surface area contributed by atoms with Crippen LogP contribution in [0, 0.1) is 0 Å². The van der Waals surface area contributed by atoms with Crippen molar-refractivity contribution in [1.29, 1.82) is 0 Å². The lowest BCUT2D eigenvalue weighted by Crippen LogP contribution is -2.14. The van der Waals surface area contributed by atoms with Crippen molar-refractivity contribution in [2.45, 2.75) is 16.9 Å². The Morgan fingerprint density at radius 1 is 1.09 bits per heavy atom. The maximum atomic E-state index is 10.9. The Kier molecular flexibility index (Phi) is 2.65. The average Bonchev–Trinajstić information content (AvgIpc) is 2.29. The van der Waals surface area contributed by atoms with Gasteiger partial charge in [0.15, 0.2) is 0 Å². The van der Waals surface area contributed by atoms with Gasteiger partial charge < -0.3 is 0 Å². The third kappa shape index (κ3) is 1.62. The van der Waals surface area contributed by atoms with Crippen LogP contribution in [0.1, 0.15) is 12.8 Å². The summed E-state index contributed by atoms with van der Waals surface area (Å²) in [5, 5.41) is 0. The van der Waals surface area contributed by atoms with Gasteiger partial charge in [-0.3, -0.25) is 9.59 Å². The second kappa shape index (κ2) is 3.19. The Labute approximate surface area is 74.5 Å². The van der Waals surface area contributed by atoms with Gasteiger partial charge in [0.25, 0.3) is 0 Å². The molecular weight excluding hydrogens is 180 g/mol. The van der Waals surface area contributed by atoms with Gasteiger partial charge in [-0.25, -0.2) is 0 Å². The smallest absolute Gasteiger partial charge is 0.200 e. The zero-order valence-electron chi connectivity index (χ0n) is 6.55. The summed E-state index contributed by atoms with van der Waals surface area (Å²) < 4.78 is -0.145. The second-order valence-electron chi connectivity index (χ2n) is 2.52. The number of carbonyl (C=O) groups is 2. The van der Waals surface area contributed by atoms with Crippen LogP contribution in [0.25, 0.3) is 0 Å². The monoisotopic (exact) mass is 190 g/mol. The van der Waals surface area contributed by atoms with Crippen LogP contribution in [0.2, 0.25) is 0 Å². The molecule has 1 aliphatic rings. The molecule has 0 amide bonds. The van der Waals surface area contributed by atoms with E-state index in [-0.39, 0.29) is 15.6 Å². The molecular formula is C7H10O2S2. The molecule has 11 heavy (non-hydrogen) atoms. The van der Waals surface area contributed by atoms with E-state index in [4.69, 9.17) is 0 Å². The SMILES string of the molecule is CSC1(SC)CC(=O)C(=O)C1. The summed E-state index contributed by atoms with van der Waals surface area (Å²) in [7, 11) is 0. The summed E-state index contributed by atoms with van der Waals surface area (Å²) >= 11 is 3.22. The van der Waals surface area contributed by atoms with Gasteiger partial charge in [0.05, 0.1) is 4.08 Å². The molecule has 1 rings (SSSR count). The molecule has 0 spiro atoms. The minimum atomic E-state index is -0.200. The molecule has 0 aromatic heterocycles. The van der Waals surface area contributed by atoms with Gasteiger partial charge in [0.1, 0.15) is 0 Å². The molecule has 1 saturated carbocycles. The number of rotatable bonds is 2. The average molecular weight is 190 g/mol. The lowest BCUT2D eigenvalue weighted by Gasteiger charge is -2.21. The van der Waals surface area contributed by atoms with E-state index < -0.39 is 0 Å². The molecule has 4 heteroatoms. The van der Waals surface area contributed by atoms with E-state index in [0.29, 0.717) is 12.8 Å². The van der Waals surface area contributed by atoms with Gasteiger partial charge in [-0.05, 0) is 12.5 Å². The first-order chi connectivity index (χ1) is 5.13. The zero-order chi connectivity index (χ0) is 8.48. The van der Waals surface area contributed by atoms with E-state index >= 15 is 0 Å². The molecule has 0 heterocycles. The Bertz CT molecular complexity index is 179. The van der Waals surface area contributed by atoms with Gasteiger partial charge in [-0.1, -0.05) is 0 Å². The number of thioether (sulfide) groups is 2. The van der Waals surface area contributed by atoms with Crippen molar-refractivity contribution in [3.05, 3.63) is 0 Å². The van der Waals surface area contributed by atoms with Crippen molar-refractivity contribution in [2.24, 2.45) is 0 Å². The molecule has 0 aromatic rings. The van der Waals surface area contributed by atoms with Crippen LogP contribution in [0.3, 0.4) is 0 Å². The van der Waals surface area contributed by atoms with Crippen LogP contribution in [-0.4, -0.2) is 28.2 Å². The number of carbonyl (C=O) groups excluding carboxylic acids is 2. The van der Waals surface area contributed by atoms with Crippen molar-refractivity contribution in [3.63, 3.8) is 0 Å². The maximum Gasteiger partial charge on any atom is 0.200 e. The van der Waals surface area contributed by atoms with Gasteiger partial charge in [-0.2, -0.15) is 0 Å². The van der Waals surface area contributed by atoms with Gasteiger partial charge >= 0.3 is 0 Å². The third-order valence-corrected chi connectivity index (χ3v) is 4.98. The molecule has 1 aliphatic carbocycles. The van der Waals surface area contributed by atoms with E-state index in [2.05, 4.69) is 0 Å². The Balaban J connectivity index is 2.76. The largest absolute Gasteiger partial charge is 0.291 e. The molecule has 0 bridgehead atoms. The second-order valence-corrected chi connectivity index (χ2v) is 5.16. The molecule has 0 saturated heterocycles. The fourth-order valence-electron chi connectivity index (χ4n) is 1.12. The molecule has 62 valence electrons. The molecule has 1 fully saturated rings. The van der Waals surface area contributed by atoms with Crippen LogP contribution >= 0.6 is 23.5 Å². The van der Waals surface area contributed by atoms with Crippen LogP contribution in [0.5, 0.6) is 0 Å². The fraction of sp³-hybridized carbons (Fsp3) is 0.714. The first-order valence-electron chi connectivity index (χ1n) is 3.30. The standard InChI is InChI=1S/C7H10O2S2/c1-10-7(11-2)3-5(8)6(9)4-7/h3-4H2,1-2H3. The molecule has 2 nitrogen and oxygen atoms in total. The quantitative estimate of drug-likeness (QED) is 0.486. The normalized spacial score (nSPS) is 22.7. The first-order valence-corrected chi connectivity index (χ1v) is 5.75. The van der Waals surface area contributed by atoms with E-state index in [9.17, 15) is 9.59 Å². The minimum absolute atomic E-state index is 0.145. The summed E-state index contributed by atoms with van der Waals surface area (Å²) in [5.41, 5.74) is 0. The highest BCUT2D eigenvalue weighted by molar-refractivity contribution is 8.17. The number of hydrogen-bond acceptors (Lipinski definition) is 4. The van der Waals surface area contributed by atoms with Crippen molar-refractivity contribution in [3.8, 4) is 0 Å². The van der Waals surface area contributed by atoms with Gasteiger partial charge in [0.2, 0.25) is 11.6 Å². The van der Waals surface area contributed by atoms with Crippen LogP contribution in [0.4, 0.5) is 0 Å². The highest BCUT2D eigenvalue weighted by atomic mass is 32.2. The fourth-order valence-corrected chi connectivity index (χ4v) is 2.89. The summed E-state index contributed by atoms with van der Waals surface area (Å²) in [4.78, 5) is 21.9. The minimum Gasteiger partial charge on any atom is -0.291 e. The number of hydrogen-bond donors (Lipinski definition) is 0. The van der Waals surface area contributed by atoms with Crippen molar-refractivity contribution in [1.82, 2.24) is 0 Å². The Morgan fingerprint density at radius 3 is 1.64 bits per heavy atom. The Morgan fingerprint density at radius 2 is 1.45 bits per heavy atom. The molecule has 0 radical (unpaired) electrons. The molecule has 0 N–H and O–H groups in total. The van der Waals surface area contributed by atoms with Crippen LogP contribution in [0.15, 0.2) is 0 Å². The van der Waals surface area contributed by atoms with E-state index in [1.165, 1.54) is 0 Å². The summed E-state index contributed by atoms with van der Waals surface area (Å²) in [6.45, 7) is 0. The summed E-state index contributed by atoms with van der Waals surface area (Å²) in [6.07, 6.45) is 4.72. The summed E-state index contributed by atoms with van der Waals surface area (Å²) in [5.74, 6) is -0.401. The van der Waals surface area contributed by atoms with E-state index in [1.54, 1.807) is 23.5 Å². The Hall–Kier alpha value is 0.0400. The first kappa shape index (κ1) is 9.13. The number of ketones is 2. The van der Waals surface area contributed by atoms with Gasteiger partial charge in [0, 0.05) is 12.8 Å². The van der Waals surface area contributed by atoms with E-state index in [1.807, 2.05) is 12.5 Å². The highest BCUT2D eigenvalue weighted by Crippen LogP contribution is 2.44. The highest BCUT2D eigenvalue weighted by Gasteiger charge is 2.42. The van der Waals surface area contributed by atoms with Crippen molar-refractivity contribution < 1.29 is 9.59 Å². The predicted molar refractivity (Wildman–Crippen MR) is 49.0 cm³/mol. The third-order valence-electron chi connectivity index (χ3n) is 1.91. The van der Waals surface area contributed by atoms with Crippen molar-refractivity contribution >= 4 is 35.1 Å².